The molecule has 256 valence electrons. The molecule has 0 amide bonds. The minimum atomic E-state index is 0.770. The molecule has 0 N–H and O–H groups in total. The second-order valence-electron chi connectivity index (χ2n) is 20.0. The summed E-state index contributed by atoms with van der Waals surface area (Å²) in [6, 6.07) is 27.0. The number of hydrogen-bond donors (Lipinski definition) is 0. The van der Waals surface area contributed by atoms with Crippen molar-refractivity contribution in [3.05, 3.63) is 83.4 Å². The molecule has 0 heteroatoms. The van der Waals surface area contributed by atoms with Crippen LogP contribution in [0, 0.1) is 102 Å². The summed E-state index contributed by atoms with van der Waals surface area (Å²) in [5.74, 6) is 18.0. The van der Waals surface area contributed by atoms with E-state index in [-0.39, 0.29) is 0 Å². The molecule has 0 saturated heterocycles. The van der Waals surface area contributed by atoms with Crippen molar-refractivity contribution in [1.29, 1.82) is 0 Å². The minimum absolute atomic E-state index is 0.770. The third-order valence-electron chi connectivity index (χ3n) is 19.1. The number of rotatable bonds is 2. The maximum Gasteiger partial charge on any atom is -0.00941 e. The van der Waals surface area contributed by atoms with Crippen LogP contribution in [0.15, 0.2) is 66.7 Å². The summed E-state index contributed by atoms with van der Waals surface area (Å²) in [4.78, 5) is 0. The van der Waals surface area contributed by atoms with Crippen molar-refractivity contribution in [1.82, 2.24) is 0 Å². The highest BCUT2D eigenvalue weighted by Gasteiger charge is 2.70. The molecule has 0 bridgehead atoms. The first-order chi connectivity index (χ1) is 24.2. The van der Waals surface area contributed by atoms with Crippen molar-refractivity contribution < 1.29 is 0 Å². The lowest BCUT2D eigenvalue weighted by Crippen LogP contribution is -2.59. The minimum Gasteiger partial charge on any atom is -0.0620 e. The van der Waals surface area contributed by atoms with Crippen LogP contribution < -0.4 is 0 Å². The molecular weight excluding hydrogens is 589 g/mol. The van der Waals surface area contributed by atoms with Gasteiger partial charge in [0.05, 0.1) is 0 Å². The monoisotopic (exact) mass is 648 g/mol. The molecular formula is C49H60. The Balaban J connectivity index is 1.01. The number of fused-ring (bicyclic) bond motifs is 7. The summed E-state index contributed by atoms with van der Waals surface area (Å²) < 4.78 is 0. The standard InChI is InChI=1S/C49H60/c1-27-8-2-5-11-33(27)44-35-13-7-6-12-34(35)43(32-17-14-28-9-3-4-10-31(28)26-32)48-40-24-22-38-36-20-18-29-15-16-30-19-21-37(45(36)42(29)30)39-23-25-41(49(44)48)47(40)46(38)39/h2-5,8-11,14,17,26,29-30,34-49H,6-7,12-13,15-16,18-25H2,1H3. The molecule has 18 atom stereocenters. The van der Waals surface area contributed by atoms with Gasteiger partial charge in [0.15, 0.2) is 0 Å². The summed E-state index contributed by atoms with van der Waals surface area (Å²) in [5.41, 5.74) is 5.13. The van der Waals surface area contributed by atoms with Crippen LogP contribution in [0.25, 0.3) is 10.8 Å². The van der Waals surface area contributed by atoms with E-state index in [1.165, 1.54) is 36.5 Å². The topological polar surface area (TPSA) is 0 Å². The average molecular weight is 649 g/mol. The summed E-state index contributed by atoms with van der Waals surface area (Å²) in [6.07, 6.45) is 21.9. The van der Waals surface area contributed by atoms with Gasteiger partial charge >= 0.3 is 0 Å². The molecule has 9 saturated carbocycles. The highest BCUT2D eigenvalue weighted by molar-refractivity contribution is 5.83. The van der Waals surface area contributed by atoms with Crippen LogP contribution >= 0.6 is 0 Å². The molecule has 12 rings (SSSR count). The third-order valence-corrected chi connectivity index (χ3v) is 19.1. The van der Waals surface area contributed by atoms with Crippen molar-refractivity contribution in [2.75, 3.05) is 0 Å². The van der Waals surface area contributed by atoms with E-state index in [0.717, 1.165) is 107 Å². The summed E-state index contributed by atoms with van der Waals surface area (Å²) in [6.45, 7) is 2.48. The summed E-state index contributed by atoms with van der Waals surface area (Å²) in [7, 11) is 0. The fraction of sp³-hybridized carbons (Fsp3) is 0.673. The van der Waals surface area contributed by atoms with Crippen LogP contribution in [-0.2, 0) is 0 Å². The zero-order chi connectivity index (χ0) is 32.0. The van der Waals surface area contributed by atoms with E-state index >= 15 is 0 Å². The lowest BCUT2D eigenvalue weighted by molar-refractivity contribution is -0.169. The van der Waals surface area contributed by atoms with E-state index in [1.807, 2.05) is 0 Å². The second kappa shape index (κ2) is 11.0. The summed E-state index contributed by atoms with van der Waals surface area (Å²) >= 11 is 0. The van der Waals surface area contributed by atoms with Gasteiger partial charge in [-0.05, 0) is 218 Å². The first kappa shape index (κ1) is 29.5. The molecule has 0 aliphatic heterocycles. The van der Waals surface area contributed by atoms with Crippen LogP contribution in [0.1, 0.15) is 118 Å². The molecule has 0 nitrogen and oxygen atoms in total. The quantitative estimate of drug-likeness (QED) is 0.259. The fourth-order valence-electron chi connectivity index (χ4n) is 18.3. The Morgan fingerprint density at radius 2 is 0.898 bits per heavy atom. The van der Waals surface area contributed by atoms with Gasteiger partial charge < -0.3 is 0 Å². The maximum absolute atomic E-state index is 2.71. The van der Waals surface area contributed by atoms with Crippen LogP contribution in [-0.4, -0.2) is 0 Å². The van der Waals surface area contributed by atoms with Gasteiger partial charge in [-0.3, -0.25) is 0 Å². The summed E-state index contributed by atoms with van der Waals surface area (Å²) in [5, 5.41) is 2.92. The van der Waals surface area contributed by atoms with Crippen LogP contribution in [0.4, 0.5) is 0 Å². The van der Waals surface area contributed by atoms with E-state index in [1.54, 1.807) is 80.9 Å². The Labute approximate surface area is 296 Å². The highest BCUT2D eigenvalue weighted by Crippen LogP contribution is 2.77. The molecule has 3 aromatic rings. The number of aryl methyl sites for hydroxylation is 1. The molecule has 3 aromatic carbocycles. The number of benzene rings is 3. The van der Waals surface area contributed by atoms with Gasteiger partial charge in [-0.25, -0.2) is 0 Å². The molecule has 0 spiro atoms. The van der Waals surface area contributed by atoms with Gasteiger partial charge in [0, 0.05) is 0 Å². The van der Waals surface area contributed by atoms with Crippen LogP contribution in [0.5, 0.6) is 0 Å². The zero-order valence-corrected chi connectivity index (χ0v) is 30.1. The molecule has 0 aromatic heterocycles. The van der Waals surface area contributed by atoms with Gasteiger partial charge in [-0.2, -0.15) is 0 Å². The lowest BCUT2D eigenvalue weighted by Gasteiger charge is -2.65. The van der Waals surface area contributed by atoms with Gasteiger partial charge in [-0.15, -0.1) is 0 Å². The normalized spacial score (nSPS) is 50.2. The van der Waals surface area contributed by atoms with E-state index < -0.39 is 0 Å². The Bertz CT molecular complexity index is 1720. The third kappa shape index (κ3) is 3.99. The predicted molar refractivity (Wildman–Crippen MR) is 201 cm³/mol. The highest BCUT2D eigenvalue weighted by atomic mass is 14.7. The van der Waals surface area contributed by atoms with Gasteiger partial charge in [-0.1, -0.05) is 79.6 Å². The predicted octanol–water partition coefficient (Wildman–Crippen LogP) is 12.5. The molecule has 9 fully saturated rings. The van der Waals surface area contributed by atoms with E-state index in [4.69, 9.17) is 0 Å². The molecule has 0 heterocycles. The Morgan fingerprint density at radius 1 is 0.388 bits per heavy atom. The van der Waals surface area contributed by atoms with Crippen molar-refractivity contribution in [2.45, 2.75) is 109 Å². The first-order valence-corrected chi connectivity index (χ1v) is 21.8. The molecule has 9 aliphatic carbocycles. The van der Waals surface area contributed by atoms with Crippen molar-refractivity contribution in [3.8, 4) is 0 Å². The SMILES string of the molecule is Cc1ccccc1C1C2CCCCC2C(c2ccc3ccccc3c2)C2C3CCC4C5CCC6CCC7CCC(C8CCC(C3C48)C12)C5C67. The smallest absolute Gasteiger partial charge is 0.00941 e. The Hall–Kier alpha value is -2.08. The second-order valence-corrected chi connectivity index (χ2v) is 20.0. The zero-order valence-electron chi connectivity index (χ0n) is 30.1. The maximum atomic E-state index is 2.71. The van der Waals surface area contributed by atoms with Gasteiger partial charge in [0.2, 0.25) is 0 Å². The van der Waals surface area contributed by atoms with Crippen LogP contribution in [0.2, 0.25) is 0 Å². The fourth-order valence-corrected chi connectivity index (χ4v) is 18.3. The van der Waals surface area contributed by atoms with E-state index in [2.05, 4.69) is 73.7 Å². The van der Waals surface area contributed by atoms with Gasteiger partial charge in [0.1, 0.15) is 0 Å². The molecule has 0 radical (unpaired) electrons. The van der Waals surface area contributed by atoms with Crippen molar-refractivity contribution in [2.24, 2.45) is 94.7 Å². The molecule has 9 aliphatic rings. The Kier molecular flexibility index (Phi) is 6.60. The molecule has 49 heavy (non-hydrogen) atoms. The van der Waals surface area contributed by atoms with E-state index in [9.17, 15) is 0 Å². The van der Waals surface area contributed by atoms with Crippen molar-refractivity contribution >= 4 is 10.8 Å². The largest absolute Gasteiger partial charge is 0.0620 e. The molecule has 18 unspecified atom stereocenters. The van der Waals surface area contributed by atoms with Crippen molar-refractivity contribution in [3.63, 3.8) is 0 Å². The lowest BCUT2D eigenvalue weighted by atomic mass is 9.40. The van der Waals surface area contributed by atoms with Crippen LogP contribution in [0.3, 0.4) is 0 Å². The first-order valence-electron chi connectivity index (χ1n) is 21.8. The average Bonchev–Trinajstić information content (AvgIpc) is 3.73. The Morgan fingerprint density at radius 3 is 1.59 bits per heavy atom. The number of hydrogen-bond acceptors (Lipinski definition) is 0. The van der Waals surface area contributed by atoms with Gasteiger partial charge in [0.25, 0.3) is 0 Å². The van der Waals surface area contributed by atoms with E-state index in [0.29, 0.717) is 0 Å².